The van der Waals surface area contributed by atoms with Crippen molar-refractivity contribution in [1.82, 2.24) is 4.90 Å². The topological polar surface area (TPSA) is 88.1 Å². The molecule has 3 aromatic carbocycles. The van der Waals surface area contributed by atoms with E-state index in [0.29, 0.717) is 35.0 Å². The molecule has 0 unspecified atom stereocenters. The lowest BCUT2D eigenvalue weighted by molar-refractivity contribution is -0.157. The number of phenolic OH excluding ortho intramolecular Hbond substituents is 1. The van der Waals surface area contributed by atoms with Gasteiger partial charge in [0.05, 0.1) is 15.6 Å². The smallest absolute Gasteiger partial charge is 0.344 e. The van der Waals surface area contributed by atoms with Crippen molar-refractivity contribution < 1.29 is 24.2 Å². The molecule has 1 fully saturated rings. The Hall–Kier alpha value is -3.36. The summed E-state index contributed by atoms with van der Waals surface area (Å²) in [7, 11) is 0. The van der Waals surface area contributed by atoms with Crippen LogP contribution in [0.4, 0.5) is 5.69 Å². The van der Waals surface area contributed by atoms with Crippen molar-refractivity contribution in [3.8, 4) is 22.6 Å². The summed E-state index contributed by atoms with van der Waals surface area (Å²) in [6, 6.07) is 18.5. The number of anilines is 1. The maximum atomic E-state index is 12.7. The number of carbonyl (C=O) groups excluding carboxylic acids is 2. The lowest BCUT2D eigenvalue weighted by Crippen LogP contribution is -2.42. The molecule has 0 atom stereocenters. The number of benzene rings is 3. The number of halogens is 1. The third-order valence-electron chi connectivity index (χ3n) is 5.54. The third kappa shape index (κ3) is 6.90. The normalized spacial score (nSPS) is 13.0. The fraction of sp³-hybridized carbons (Fsp3) is 0.286. The molecule has 1 aliphatic heterocycles. The van der Waals surface area contributed by atoms with E-state index >= 15 is 0 Å². The van der Waals surface area contributed by atoms with Crippen LogP contribution < -0.4 is 9.46 Å². The quantitative estimate of drug-likeness (QED) is 0.252. The van der Waals surface area contributed by atoms with Gasteiger partial charge in [0.15, 0.2) is 6.61 Å². The number of amides is 1. The second-order valence-corrected chi connectivity index (χ2v) is 10.9. The monoisotopic (exact) mass is 540 g/mol. The van der Waals surface area contributed by atoms with E-state index in [1.165, 1.54) is 6.07 Å². The lowest BCUT2D eigenvalue weighted by Gasteiger charge is -2.31. The number of esters is 1. The van der Waals surface area contributed by atoms with E-state index in [4.69, 9.17) is 21.1 Å². The molecule has 4 rings (SSSR count). The van der Waals surface area contributed by atoms with Gasteiger partial charge in [-0.3, -0.25) is 4.79 Å². The van der Waals surface area contributed by atoms with Crippen LogP contribution in [0.25, 0.3) is 11.1 Å². The molecule has 0 spiro atoms. The van der Waals surface area contributed by atoms with Crippen molar-refractivity contribution in [2.24, 2.45) is 0 Å². The van der Waals surface area contributed by atoms with Crippen molar-refractivity contribution in [3.05, 3.63) is 71.2 Å². The highest BCUT2D eigenvalue weighted by Gasteiger charge is 2.24. The van der Waals surface area contributed by atoms with Gasteiger partial charge < -0.3 is 24.2 Å². The largest absolute Gasteiger partial charge is 0.505 e. The second-order valence-electron chi connectivity index (χ2n) is 9.61. The van der Waals surface area contributed by atoms with Crippen molar-refractivity contribution >= 4 is 41.1 Å². The number of ether oxygens (including phenoxy) is 2. The molecule has 1 saturated heterocycles. The molecule has 0 radical (unpaired) electrons. The summed E-state index contributed by atoms with van der Waals surface area (Å²) in [4.78, 5) is 27.1. The molecule has 194 valence electrons. The van der Waals surface area contributed by atoms with Crippen molar-refractivity contribution in [1.29, 1.82) is 0 Å². The molecule has 0 aromatic heterocycles. The van der Waals surface area contributed by atoms with Crippen LogP contribution >= 0.6 is 23.5 Å². The van der Waals surface area contributed by atoms with Crippen molar-refractivity contribution in [2.75, 3.05) is 24.4 Å². The zero-order valence-electron chi connectivity index (χ0n) is 20.9. The number of hydrogen-bond acceptors (Lipinski definition) is 7. The molecule has 3 aromatic rings. The van der Waals surface area contributed by atoms with Gasteiger partial charge in [0.1, 0.15) is 17.1 Å². The molecule has 0 aliphatic carbocycles. The van der Waals surface area contributed by atoms with Crippen LogP contribution in [0.3, 0.4) is 0 Å². The van der Waals surface area contributed by atoms with E-state index in [1.54, 1.807) is 37.8 Å². The predicted octanol–water partition coefficient (Wildman–Crippen LogP) is 6.40. The Labute approximate surface area is 225 Å². The number of nitrogens with one attached hydrogen (secondary N) is 1. The van der Waals surface area contributed by atoms with Gasteiger partial charge in [0.2, 0.25) is 0 Å². The van der Waals surface area contributed by atoms with Gasteiger partial charge >= 0.3 is 5.97 Å². The molecular weight excluding hydrogens is 512 g/mol. The average molecular weight is 541 g/mol. The Morgan fingerprint density at radius 1 is 1.05 bits per heavy atom. The zero-order valence-corrected chi connectivity index (χ0v) is 22.5. The molecule has 0 bridgehead atoms. The van der Waals surface area contributed by atoms with E-state index in [2.05, 4.69) is 4.72 Å². The molecule has 7 nitrogen and oxygen atoms in total. The molecule has 2 N–H and O–H groups in total. The maximum absolute atomic E-state index is 12.7. The first-order chi connectivity index (χ1) is 17.6. The predicted molar refractivity (Wildman–Crippen MR) is 146 cm³/mol. The van der Waals surface area contributed by atoms with Crippen LogP contribution in [-0.2, 0) is 9.53 Å². The summed E-state index contributed by atoms with van der Waals surface area (Å²) < 4.78 is 14.3. The summed E-state index contributed by atoms with van der Waals surface area (Å²) in [5.41, 5.74) is 2.29. The minimum absolute atomic E-state index is 0.0927. The van der Waals surface area contributed by atoms with E-state index in [-0.39, 0.29) is 23.3 Å². The maximum Gasteiger partial charge on any atom is 0.344 e. The van der Waals surface area contributed by atoms with Crippen LogP contribution in [0.2, 0.25) is 5.02 Å². The van der Waals surface area contributed by atoms with E-state index in [9.17, 15) is 14.7 Å². The van der Waals surface area contributed by atoms with Gasteiger partial charge in [-0.05, 0) is 74.5 Å². The highest BCUT2D eigenvalue weighted by molar-refractivity contribution is 8.00. The first-order valence-corrected chi connectivity index (χ1v) is 13.1. The second kappa shape index (κ2) is 11.4. The highest BCUT2D eigenvalue weighted by atomic mass is 35.5. The Kier molecular flexibility index (Phi) is 8.19. The van der Waals surface area contributed by atoms with Crippen LogP contribution in [0, 0.1) is 0 Å². The fourth-order valence-corrected chi connectivity index (χ4v) is 4.69. The van der Waals surface area contributed by atoms with Crippen LogP contribution in [0.5, 0.6) is 11.5 Å². The molecule has 37 heavy (non-hydrogen) atoms. The lowest BCUT2D eigenvalue weighted by atomic mass is 10.1. The summed E-state index contributed by atoms with van der Waals surface area (Å²) in [5, 5.41) is 10.7. The summed E-state index contributed by atoms with van der Waals surface area (Å²) in [5.74, 6) is -0.312. The Morgan fingerprint density at radius 2 is 1.78 bits per heavy atom. The van der Waals surface area contributed by atoms with Gasteiger partial charge in [-0.25, -0.2) is 4.79 Å². The summed E-state index contributed by atoms with van der Waals surface area (Å²) in [6.07, 6.45) is 0.977. The molecular formula is C28H29ClN2O5S. The van der Waals surface area contributed by atoms with Gasteiger partial charge in [0, 0.05) is 18.7 Å². The van der Waals surface area contributed by atoms with Gasteiger partial charge in [-0.2, -0.15) is 0 Å². The zero-order chi connectivity index (χ0) is 26.6. The standard InChI is InChI=1S/C28H29ClN2O5S/c1-28(2,3)36-25(32)17-35-23-11-10-19(18-8-5-4-6-9-18)15-22(23)30-37-24-16-20(14-21(29)26(24)33)27(34)31-12-7-13-31/h4-6,8-11,14-16,30,33H,7,12-13,17H2,1-3H3. The Morgan fingerprint density at radius 3 is 2.43 bits per heavy atom. The minimum Gasteiger partial charge on any atom is -0.505 e. The first-order valence-electron chi connectivity index (χ1n) is 11.9. The number of aromatic hydroxyl groups is 1. The Bertz CT molecular complexity index is 1290. The van der Waals surface area contributed by atoms with Crippen molar-refractivity contribution in [3.63, 3.8) is 0 Å². The van der Waals surface area contributed by atoms with Gasteiger partial charge in [-0.15, -0.1) is 0 Å². The van der Waals surface area contributed by atoms with E-state index < -0.39 is 11.6 Å². The molecule has 1 aliphatic rings. The molecule has 1 heterocycles. The number of carbonyl (C=O) groups is 2. The van der Waals surface area contributed by atoms with Crippen molar-refractivity contribution in [2.45, 2.75) is 37.7 Å². The molecule has 1 amide bonds. The molecule has 0 saturated carbocycles. The van der Waals surface area contributed by atoms with Crippen LogP contribution in [0.1, 0.15) is 37.6 Å². The highest BCUT2D eigenvalue weighted by Crippen LogP contribution is 2.39. The number of phenols is 1. The van der Waals surface area contributed by atoms with Crippen LogP contribution in [0.15, 0.2) is 65.6 Å². The number of hydrogen-bond donors (Lipinski definition) is 2. The number of rotatable bonds is 8. The van der Waals surface area contributed by atoms with Gasteiger partial charge in [-0.1, -0.05) is 48.0 Å². The van der Waals surface area contributed by atoms with Crippen LogP contribution in [-0.4, -0.2) is 47.2 Å². The summed E-state index contributed by atoms with van der Waals surface area (Å²) >= 11 is 7.34. The minimum atomic E-state index is -0.621. The summed E-state index contributed by atoms with van der Waals surface area (Å²) in [6.45, 7) is 6.54. The van der Waals surface area contributed by atoms with Gasteiger partial charge in [0.25, 0.3) is 5.91 Å². The number of nitrogens with zero attached hydrogens (tertiary/aromatic N) is 1. The third-order valence-corrected chi connectivity index (χ3v) is 6.68. The number of likely N-dealkylation sites (tertiary alicyclic amines) is 1. The Balaban J connectivity index is 1.58. The average Bonchev–Trinajstić information content (AvgIpc) is 2.82. The first kappa shape index (κ1) is 26.7. The fourth-order valence-electron chi connectivity index (χ4n) is 3.64. The van der Waals surface area contributed by atoms with E-state index in [0.717, 1.165) is 29.5 Å². The molecule has 9 heteroatoms. The van der Waals surface area contributed by atoms with E-state index in [1.807, 2.05) is 42.5 Å². The SMILES string of the molecule is CC(C)(C)OC(=O)COc1ccc(-c2ccccc2)cc1NSc1cc(C(=O)N2CCC2)cc(Cl)c1O.